The number of aliphatic hydroxyl groups is 2. The van der Waals surface area contributed by atoms with Crippen molar-refractivity contribution in [2.24, 2.45) is 10.2 Å². The number of azo groups is 1. The largest absolute Gasteiger partial charge is 0.464 e. The summed E-state index contributed by atoms with van der Waals surface area (Å²) in [5.74, 6) is -0.200. The molecule has 0 fully saturated rings. The maximum atomic E-state index is 12.1. The Morgan fingerprint density at radius 1 is 0.974 bits per heavy atom. The number of anilines is 1. The van der Waals surface area contributed by atoms with Crippen molar-refractivity contribution in [3.05, 3.63) is 57.6 Å². The first-order valence-electron chi connectivity index (χ1n) is 13.2. The Kier molecular flexibility index (Phi) is 15.0. The number of aliphatic hydroxyl groups excluding tert-OH is 2. The van der Waals surface area contributed by atoms with Gasteiger partial charge in [-0.2, -0.15) is 5.11 Å². The van der Waals surface area contributed by atoms with E-state index in [-0.39, 0.29) is 29.9 Å². The van der Waals surface area contributed by atoms with Crippen LogP contribution in [0.25, 0.3) is 0 Å². The molecule has 0 spiro atoms. The fraction of sp³-hybridized carbons (Fsp3) is 0.519. The minimum atomic E-state index is -0.522. The number of non-ortho nitro benzene ring substituents is 1. The molecule has 0 unspecified atom stereocenters. The minimum absolute atomic E-state index is 0.0838. The molecule has 0 saturated heterocycles. The van der Waals surface area contributed by atoms with Crippen molar-refractivity contribution in [1.82, 2.24) is 4.90 Å². The molecular formula is C27H38ClN5O6. The highest BCUT2D eigenvalue weighted by atomic mass is 35.5. The van der Waals surface area contributed by atoms with Crippen LogP contribution in [0.3, 0.4) is 0 Å². The van der Waals surface area contributed by atoms with Gasteiger partial charge in [-0.05, 0) is 56.6 Å². The van der Waals surface area contributed by atoms with Crippen LogP contribution in [0.2, 0.25) is 5.02 Å². The third-order valence-electron chi connectivity index (χ3n) is 6.07. The molecule has 0 radical (unpaired) electrons. The summed E-state index contributed by atoms with van der Waals surface area (Å²) >= 11 is 6.06. The first-order chi connectivity index (χ1) is 18.9. The summed E-state index contributed by atoms with van der Waals surface area (Å²) in [4.78, 5) is 26.5. The summed E-state index contributed by atoms with van der Waals surface area (Å²) in [6.07, 6.45) is 4.05. The van der Waals surface area contributed by atoms with Crippen LogP contribution >= 0.6 is 11.6 Å². The van der Waals surface area contributed by atoms with E-state index in [4.69, 9.17) is 26.6 Å². The van der Waals surface area contributed by atoms with Crippen molar-refractivity contribution in [2.45, 2.75) is 39.0 Å². The normalized spacial score (nSPS) is 11.3. The Balaban J connectivity index is 1.70. The Bertz CT molecular complexity index is 1050. The molecule has 214 valence electrons. The molecular weight excluding hydrogens is 526 g/mol. The van der Waals surface area contributed by atoms with E-state index in [2.05, 4.69) is 15.1 Å². The molecule has 0 amide bonds. The zero-order valence-electron chi connectivity index (χ0n) is 22.4. The van der Waals surface area contributed by atoms with Crippen LogP contribution < -0.4 is 4.90 Å². The molecule has 0 aliphatic carbocycles. The summed E-state index contributed by atoms with van der Waals surface area (Å²) in [6, 6.07) is 11.4. The molecule has 0 aliphatic rings. The number of carbonyl (C=O) groups excluding carboxylic acids is 1. The third kappa shape index (κ3) is 12.1. The summed E-state index contributed by atoms with van der Waals surface area (Å²) in [6.45, 7) is 5.75. The van der Waals surface area contributed by atoms with Crippen LogP contribution in [-0.2, 0) is 9.53 Å². The zero-order valence-corrected chi connectivity index (χ0v) is 23.1. The zero-order chi connectivity index (χ0) is 28.5. The number of unbranched alkanes of at least 4 members (excludes halogenated alkanes) is 3. The molecule has 0 saturated carbocycles. The van der Waals surface area contributed by atoms with Gasteiger partial charge in [-0.3, -0.25) is 19.8 Å². The van der Waals surface area contributed by atoms with Gasteiger partial charge in [0.05, 0.1) is 35.4 Å². The molecule has 0 heterocycles. The van der Waals surface area contributed by atoms with Crippen LogP contribution in [0.1, 0.15) is 39.0 Å². The van der Waals surface area contributed by atoms with Crippen molar-refractivity contribution in [3.8, 4) is 0 Å². The second-order valence-electron chi connectivity index (χ2n) is 8.86. The van der Waals surface area contributed by atoms with Gasteiger partial charge in [0, 0.05) is 43.9 Å². The van der Waals surface area contributed by atoms with Gasteiger partial charge in [-0.15, -0.1) is 5.11 Å². The predicted molar refractivity (Wildman–Crippen MR) is 151 cm³/mol. The Hall–Kier alpha value is -3.12. The van der Waals surface area contributed by atoms with Crippen molar-refractivity contribution >= 4 is 40.3 Å². The van der Waals surface area contributed by atoms with Crippen LogP contribution in [0.4, 0.5) is 22.7 Å². The van der Waals surface area contributed by atoms with Crippen molar-refractivity contribution in [2.75, 3.05) is 57.4 Å². The fourth-order valence-corrected chi connectivity index (χ4v) is 4.13. The SMILES string of the molecule is CCN(CCOC(=O)CCCCCCN(CCO)CCO)c1ccc(N=Nc2ccc([N+](=O)[O-])cc2Cl)cc1. The maximum Gasteiger partial charge on any atom is 0.305 e. The third-order valence-corrected chi connectivity index (χ3v) is 6.38. The highest BCUT2D eigenvalue weighted by Crippen LogP contribution is 2.30. The van der Waals surface area contributed by atoms with E-state index in [0.29, 0.717) is 44.0 Å². The number of esters is 1. The Morgan fingerprint density at radius 2 is 1.67 bits per heavy atom. The lowest BCUT2D eigenvalue weighted by molar-refractivity contribution is -0.384. The maximum absolute atomic E-state index is 12.1. The summed E-state index contributed by atoms with van der Waals surface area (Å²) in [5.41, 5.74) is 1.79. The number of nitro benzene ring substituents is 1. The molecule has 2 rings (SSSR count). The summed E-state index contributed by atoms with van der Waals surface area (Å²) < 4.78 is 5.42. The van der Waals surface area contributed by atoms with Crippen LogP contribution in [0, 0.1) is 10.1 Å². The quantitative estimate of drug-likeness (QED) is 0.0774. The number of hydrogen-bond acceptors (Lipinski definition) is 10. The van der Waals surface area contributed by atoms with Gasteiger partial charge in [0.15, 0.2) is 0 Å². The Morgan fingerprint density at radius 3 is 2.28 bits per heavy atom. The first-order valence-corrected chi connectivity index (χ1v) is 13.6. The number of nitro groups is 1. The number of carbonyl (C=O) groups is 1. The molecule has 12 heteroatoms. The van der Waals surface area contributed by atoms with Crippen molar-refractivity contribution in [1.29, 1.82) is 0 Å². The molecule has 11 nitrogen and oxygen atoms in total. The molecule has 0 bridgehead atoms. The van der Waals surface area contributed by atoms with E-state index in [1.54, 1.807) is 12.1 Å². The van der Waals surface area contributed by atoms with Gasteiger partial charge in [0.2, 0.25) is 0 Å². The summed E-state index contributed by atoms with van der Waals surface area (Å²) in [7, 11) is 0. The standard InChI is InChI=1S/C27H38ClN5O6/c1-2-32(17-20-39-27(36)7-5-3-4-6-14-31(15-18-34)16-19-35)23-10-8-22(9-11-23)29-30-26-13-12-24(33(37)38)21-25(26)28/h8-13,21,34-35H,2-7,14-20H2,1H3. The van der Waals surface area contributed by atoms with E-state index in [1.165, 1.54) is 18.2 Å². The van der Waals surface area contributed by atoms with Gasteiger partial charge < -0.3 is 19.8 Å². The molecule has 0 atom stereocenters. The van der Waals surface area contributed by atoms with Gasteiger partial charge in [0.1, 0.15) is 12.3 Å². The van der Waals surface area contributed by atoms with Crippen LogP contribution in [-0.4, -0.2) is 78.6 Å². The monoisotopic (exact) mass is 563 g/mol. The molecule has 39 heavy (non-hydrogen) atoms. The lowest BCUT2D eigenvalue weighted by Gasteiger charge is -2.23. The van der Waals surface area contributed by atoms with E-state index < -0.39 is 4.92 Å². The summed E-state index contributed by atoms with van der Waals surface area (Å²) in [5, 5.41) is 37.3. The van der Waals surface area contributed by atoms with E-state index in [1.807, 2.05) is 24.0 Å². The second-order valence-corrected chi connectivity index (χ2v) is 9.27. The van der Waals surface area contributed by atoms with Crippen molar-refractivity contribution in [3.63, 3.8) is 0 Å². The number of halogens is 1. The minimum Gasteiger partial charge on any atom is -0.464 e. The topological polar surface area (TPSA) is 141 Å². The molecule has 2 N–H and O–H groups in total. The van der Waals surface area contributed by atoms with Gasteiger partial charge in [-0.25, -0.2) is 0 Å². The van der Waals surface area contributed by atoms with Gasteiger partial charge in [0.25, 0.3) is 5.69 Å². The number of rotatable bonds is 19. The Labute approximate surface area is 234 Å². The molecule has 0 aromatic heterocycles. The number of benzene rings is 2. The number of hydrogen-bond donors (Lipinski definition) is 2. The second kappa shape index (κ2) is 18.2. The fourth-order valence-electron chi connectivity index (χ4n) is 3.92. The predicted octanol–water partition coefficient (Wildman–Crippen LogP) is 5.27. The van der Waals surface area contributed by atoms with Crippen LogP contribution in [0.5, 0.6) is 0 Å². The lowest BCUT2D eigenvalue weighted by atomic mass is 10.1. The average Bonchev–Trinajstić information content (AvgIpc) is 2.93. The van der Waals surface area contributed by atoms with Gasteiger partial charge >= 0.3 is 5.97 Å². The van der Waals surface area contributed by atoms with E-state index >= 15 is 0 Å². The molecule has 2 aromatic carbocycles. The van der Waals surface area contributed by atoms with Gasteiger partial charge in [-0.1, -0.05) is 24.4 Å². The van der Waals surface area contributed by atoms with Crippen molar-refractivity contribution < 1.29 is 24.7 Å². The van der Waals surface area contributed by atoms with E-state index in [0.717, 1.165) is 44.5 Å². The number of ether oxygens (including phenoxy) is 1. The molecule has 0 aliphatic heterocycles. The van der Waals surface area contributed by atoms with Crippen LogP contribution in [0.15, 0.2) is 52.7 Å². The average molecular weight is 564 g/mol. The highest BCUT2D eigenvalue weighted by Gasteiger charge is 2.10. The van der Waals surface area contributed by atoms with E-state index in [9.17, 15) is 14.9 Å². The lowest BCUT2D eigenvalue weighted by Crippen LogP contribution is -2.30. The number of likely N-dealkylation sites (N-methyl/N-ethyl adjacent to an activating group) is 1. The molecule has 2 aromatic rings. The highest BCUT2D eigenvalue weighted by molar-refractivity contribution is 6.33. The smallest absolute Gasteiger partial charge is 0.305 e. The number of nitrogens with zero attached hydrogens (tertiary/aromatic N) is 5. The first kappa shape index (κ1) is 32.1.